The first-order valence-corrected chi connectivity index (χ1v) is 13.0. The van der Waals surface area contributed by atoms with E-state index in [1.165, 1.54) is 25.6 Å². The molecule has 3 heterocycles. The number of nitrogens with zero attached hydrogens (tertiary/aromatic N) is 5. The molecule has 0 bridgehead atoms. The Bertz CT molecular complexity index is 1420. The number of ether oxygens (including phenoxy) is 1. The van der Waals surface area contributed by atoms with Crippen molar-refractivity contribution in [3.8, 4) is 28.6 Å². The number of benzene rings is 1. The third-order valence-corrected chi connectivity index (χ3v) is 10.5. The monoisotopic (exact) mass is 498 g/mol. The second kappa shape index (κ2) is 8.40. The molecule has 1 aliphatic carbocycles. The molecule has 2 aromatic heterocycles. The van der Waals surface area contributed by atoms with Crippen LogP contribution in [0.4, 0.5) is 4.39 Å². The Balaban J connectivity index is 1.55. The molecule has 1 aromatic carbocycles. The Morgan fingerprint density at radius 1 is 1.17 bits per heavy atom. The highest BCUT2D eigenvalue weighted by Crippen LogP contribution is 2.46. The van der Waals surface area contributed by atoms with Crippen LogP contribution in [0.5, 0.6) is 5.88 Å². The highest BCUT2D eigenvalue weighted by molar-refractivity contribution is 7.95. The van der Waals surface area contributed by atoms with E-state index in [4.69, 9.17) is 20.0 Å². The predicted octanol–water partition coefficient (Wildman–Crippen LogP) is 3.94. The zero-order valence-electron chi connectivity index (χ0n) is 19.8. The number of hydrogen-bond donors (Lipinski definition) is 1. The van der Waals surface area contributed by atoms with Gasteiger partial charge in [0.1, 0.15) is 33.3 Å². The van der Waals surface area contributed by atoms with Gasteiger partial charge in [-0.25, -0.2) is 22.9 Å². The molecule has 9 nitrogen and oxygen atoms in total. The Morgan fingerprint density at radius 3 is 2.60 bits per heavy atom. The fraction of sp³-hybridized carbons (Fsp3) is 0.417. The number of aliphatic imine (C=N–C) groups is 1. The molecule has 0 radical (unpaired) electrons. The lowest BCUT2D eigenvalue weighted by Crippen LogP contribution is -2.56. The molecule has 2 atom stereocenters. The fourth-order valence-electron chi connectivity index (χ4n) is 5.16. The summed E-state index contributed by atoms with van der Waals surface area (Å²) in [4.78, 5) is 13.2. The van der Waals surface area contributed by atoms with Crippen LogP contribution >= 0.6 is 0 Å². The van der Waals surface area contributed by atoms with Crippen LogP contribution in [0.25, 0.3) is 22.7 Å². The number of aromatic nitrogens is 3. The Hall–Kier alpha value is -3.34. The van der Waals surface area contributed by atoms with E-state index in [9.17, 15) is 4.21 Å². The van der Waals surface area contributed by atoms with E-state index < -0.39 is 25.8 Å². The lowest BCUT2D eigenvalue weighted by molar-refractivity contribution is 0.395. The third-order valence-electron chi connectivity index (χ3n) is 7.07. The number of rotatable bonds is 4. The summed E-state index contributed by atoms with van der Waals surface area (Å²) >= 11 is 0. The van der Waals surface area contributed by atoms with Gasteiger partial charge in [0.25, 0.3) is 0 Å². The minimum atomic E-state index is -2.76. The summed E-state index contributed by atoms with van der Waals surface area (Å²) in [7, 11) is 0.307. The minimum absolute atomic E-state index is 0.0979. The van der Waals surface area contributed by atoms with Crippen molar-refractivity contribution < 1.29 is 17.9 Å². The highest BCUT2D eigenvalue weighted by Gasteiger charge is 2.54. The minimum Gasteiger partial charge on any atom is -0.480 e. The number of hydrogen-bond acceptors (Lipinski definition) is 9. The molecule has 0 amide bonds. The lowest BCUT2D eigenvalue weighted by atomic mass is 9.91. The highest BCUT2D eigenvalue weighted by atomic mass is 32.2. The number of methoxy groups -OCH3 is 1. The van der Waals surface area contributed by atoms with E-state index >= 15 is 4.39 Å². The van der Waals surface area contributed by atoms with E-state index in [1.807, 2.05) is 0 Å². The molecule has 1 aliphatic heterocycles. The number of amidine groups is 1. The van der Waals surface area contributed by atoms with Crippen molar-refractivity contribution in [1.29, 1.82) is 0 Å². The van der Waals surface area contributed by atoms with E-state index in [0.717, 1.165) is 12.8 Å². The Morgan fingerprint density at radius 2 is 1.94 bits per heavy atom. The van der Waals surface area contributed by atoms with Gasteiger partial charge in [0.2, 0.25) is 5.88 Å². The average Bonchev–Trinajstić information content (AvgIpc) is 3.55. The summed E-state index contributed by atoms with van der Waals surface area (Å²) in [6.07, 6.45) is 6.24. The Labute approximate surface area is 203 Å². The van der Waals surface area contributed by atoms with Crippen molar-refractivity contribution in [3.05, 3.63) is 48.0 Å². The van der Waals surface area contributed by atoms with Gasteiger partial charge in [0.05, 0.1) is 35.0 Å². The van der Waals surface area contributed by atoms with Gasteiger partial charge < -0.3 is 15.0 Å². The van der Waals surface area contributed by atoms with Gasteiger partial charge in [-0.05, 0) is 38.0 Å². The molecule has 2 N–H and O–H groups in total. The number of nitrogens with two attached hydrogens (primary N) is 1. The third kappa shape index (κ3) is 3.69. The molecule has 5 rings (SSSR count). The molecule has 35 heavy (non-hydrogen) atoms. The van der Waals surface area contributed by atoms with Crippen molar-refractivity contribution >= 4 is 15.6 Å². The van der Waals surface area contributed by atoms with Gasteiger partial charge in [-0.15, -0.1) is 0 Å². The van der Waals surface area contributed by atoms with E-state index in [2.05, 4.69) is 19.5 Å². The average molecular weight is 499 g/mol. The molecule has 184 valence electrons. The molecule has 1 spiro atoms. The van der Waals surface area contributed by atoms with Crippen LogP contribution in [0.15, 0.2) is 50.5 Å². The maximum atomic E-state index is 15.2. The van der Waals surface area contributed by atoms with Crippen LogP contribution < -0.4 is 10.5 Å². The molecule has 0 saturated heterocycles. The van der Waals surface area contributed by atoms with Crippen LogP contribution in [-0.4, -0.2) is 49.8 Å². The predicted molar refractivity (Wildman–Crippen MR) is 131 cm³/mol. The fourth-order valence-corrected chi connectivity index (χ4v) is 8.19. The van der Waals surface area contributed by atoms with Crippen molar-refractivity contribution in [3.63, 3.8) is 0 Å². The maximum Gasteiger partial charge on any atom is 0.232 e. The maximum absolute atomic E-state index is 15.2. The van der Waals surface area contributed by atoms with Gasteiger partial charge in [0.15, 0.2) is 5.76 Å². The quantitative estimate of drug-likeness (QED) is 0.577. The van der Waals surface area contributed by atoms with Gasteiger partial charge in [0, 0.05) is 24.2 Å². The van der Waals surface area contributed by atoms with Crippen molar-refractivity contribution in [1.82, 2.24) is 15.1 Å². The summed E-state index contributed by atoms with van der Waals surface area (Å²) in [6, 6.07) is 6.30. The van der Waals surface area contributed by atoms with Crippen LogP contribution in [-0.2, 0) is 15.3 Å². The first-order chi connectivity index (χ1) is 16.7. The SMILES string of the molecule is CN=[S@]1(=O)C[C@@](C)(c2cc(-c3cc(-c4cnc(OC)cn4)no3)ccc2F)N=C(N)C12CCCC2. The molecular weight excluding hydrogens is 471 g/mol. The van der Waals surface area contributed by atoms with Crippen molar-refractivity contribution in [2.75, 3.05) is 19.9 Å². The standard InChI is InChI=1S/C24H27FN6O3S/c1-23(14-35(32,27-2)24(22(26)30-23)8-4-5-9-24)16-10-15(6-7-17(16)25)20-11-18(31-34-20)19-12-29-21(33-3)13-28-19/h6-7,10-13H,4-5,8-9,14H2,1-3H3,(H2,26,30)/t23-,35-/m0/s1. The molecule has 11 heteroatoms. The molecular formula is C24H27FN6O3S. The summed E-state index contributed by atoms with van der Waals surface area (Å²) in [5.74, 6) is 0.748. The second-order valence-electron chi connectivity index (χ2n) is 9.15. The summed E-state index contributed by atoms with van der Waals surface area (Å²) in [6.45, 7) is 1.76. The largest absolute Gasteiger partial charge is 0.480 e. The topological polar surface area (TPSA) is 129 Å². The van der Waals surface area contributed by atoms with E-state index in [1.54, 1.807) is 32.2 Å². The Kier molecular flexibility index (Phi) is 5.62. The van der Waals surface area contributed by atoms with Gasteiger partial charge >= 0.3 is 0 Å². The van der Waals surface area contributed by atoms with Gasteiger partial charge in [-0.3, -0.25) is 4.99 Å². The molecule has 1 fully saturated rings. The first-order valence-electron chi connectivity index (χ1n) is 11.4. The normalized spacial score (nSPS) is 25.4. The lowest BCUT2D eigenvalue weighted by Gasteiger charge is -2.42. The summed E-state index contributed by atoms with van der Waals surface area (Å²) in [5.41, 5.74) is 7.18. The van der Waals surface area contributed by atoms with Crippen LogP contribution in [0.3, 0.4) is 0 Å². The summed E-state index contributed by atoms with van der Waals surface area (Å²) < 4.78 is 43.5. The van der Waals surface area contributed by atoms with Crippen LogP contribution in [0.2, 0.25) is 0 Å². The molecule has 0 unspecified atom stereocenters. The molecule has 2 aliphatic rings. The smallest absolute Gasteiger partial charge is 0.232 e. The summed E-state index contributed by atoms with van der Waals surface area (Å²) in [5, 5.41) is 4.08. The van der Waals surface area contributed by atoms with Crippen LogP contribution in [0, 0.1) is 5.82 Å². The van der Waals surface area contributed by atoms with E-state index in [-0.39, 0.29) is 11.3 Å². The van der Waals surface area contributed by atoms with Gasteiger partial charge in [-0.1, -0.05) is 18.0 Å². The number of halogens is 1. The van der Waals surface area contributed by atoms with Crippen molar-refractivity contribution in [2.24, 2.45) is 15.1 Å². The second-order valence-corrected chi connectivity index (χ2v) is 11.9. The zero-order valence-corrected chi connectivity index (χ0v) is 20.6. The molecule has 1 saturated carbocycles. The zero-order chi connectivity index (χ0) is 24.8. The van der Waals surface area contributed by atoms with Crippen LogP contribution in [0.1, 0.15) is 38.2 Å². The van der Waals surface area contributed by atoms with E-state index in [0.29, 0.717) is 47.3 Å². The van der Waals surface area contributed by atoms with Crippen molar-refractivity contribution in [2.45, 2.75) is 42.9 Å². The molecule has 3 aromatic rings. The van der Waals surface area contributed by atoms with Gasteiger partial charge in [-0.2, -0.15) is 0 Å². The first kappa shape index (κ1) is 23.4.